The van der Waals surface area contributed by atoms with E-state index in [-0.39, 0.29) is 6.42 Å². The molecule has 0 atom stereocenters. The third kappa shape index (κ3) is 2.05. The number of carboxylic acids is 1. The van der Waals surface area contributed by atoms with Crippen LogP contribution in [0.2, 0.25) is 0 Å². The van der Waals surface area contributed by atoms with Crippen LogP contribution in [0.25, 0.3) is 0 Å². The third-order valence-electron chi connectivity index (χ3n) is 2.23. The first-order valence-corrected chi connectivity index (χ1v) is 4.42. The monoisotopic (exact) mass is 177 g/mol. The quantitative estimate of drug-likeness (QED) is 0.762. The maximum atomic E-state index is 10.4. The summed E-state index contributed by atoms with van der Waals surface area (Å²) in [4.78, 5) is 14.5. The van der Waals surface area contributed by atoms with Crippen LogP contribution < -0.4 is 0 Å². The molecule has 1 saturated carbocycles. The van der Waals surface area contributed by atoms with Gasteiger partial charge in [0, 0.05) is 6.20 Å². The summed E-state index contributed by atoms with van der Waals surface area (Å²) in [6.07, 6.45) is 4.32. The van der Waals surface area contributed by atoms with Gasteiger partial charge in [0.15, 0.2) is 0 Å². The molecule has 1 fully saturated rings. The number of aliphatic carboxylic acids is 1. The molecule has 3 nitrogen and oxygen atoms in total. The molecule has 68 valence electrons. The molecule has 1 heterocycles. The van der Waals surface area contributed by atoms with Gasteiger partial charge in [-0.05, 0) is 30.4 Å². The van der Waals surface area contributed by atoms with Gasteiger partial charge in [0.2, 0.25) is 0 Å². The first-order valence-electron chi connectivity index (χ1n) is 4.42. The highest BCUT2D eigenvalue weighted by Crippen LogP contribution is 2.39. The molecule has 1 aliphatic rings. The van der Waals surface area contributed by atoms with E-state index >= 15 is 0 Å². The van der Waals surface area contributed by atoms with Crippen LogP contribution in [0.15, 0.2) is 18.3 Å². The van der Waals surface area contributed by atoms with Gasteiger partial charge in [-0.3, -0.25) is 9.78 Å². The Labute approximate surface area is 76.4 Å². The molecule has 1 N–H and O–H groups in total. The van der Waals surface area contributed by atoms with Gasteiger partial charge in [0.05, 0.1) is 12.1 Å². The van der Waals surface area contributed by atoms with Crippen LogP contribution in [-0.2, 0) is 11.2 Å². The van der Waals surface area contributed by atoms with Crippen molar-refractivity contribution in [3.63, 3.8) is 0 Å². The minimum absolute atomic E-state index is 0.0188. The first-order chi connectivity index (χ1) is 6.25. The molecule has 2 rings (SSSR count). The van der Waals surface area contributed by atoms with Gasteiger partial charge in [-0.1, -0.05) is 6.07 Å². The predicted molar refractivity (Wildman–Crippen MR) is 47.6 cm³/mol. The zero-order valence-corrected chi connectivity index (χ0v) is 7.23. The van der Waals surface area contributed by atoms with E-state index in [4.69, 9.17) is 5.11 Å². The van der Waals surface area contributed by atoms with Crippen LogP contribution >= 0.6 is 0 Å². The van der Waals surface area contributed by atoms with Gasteiger partial charge in [0.1, 0.15) is 0 Å². The Bertz CT molecular complexity index is 314. The topological polar surface area (TPSA) is 50.2 Å². The van der Waals surface area contributed by atoms with Crippen LogP contribution in [0.3, 0.4) is 0 Å². The lowest BCUT2D eigenvalue weighted by Crippen LogP contribution is -2.02. The Morgan fingerprint density at radius 1 is 1.54 bits per heavy atom. The van der Waals surface area contributed by atoms with Crippen molar-refractivity contribution in [2.45, 2.75) is 25.2 Å². The third-order valence-corrected chi connectivity index (χ3v) is 2.23. The smallest absolute Gasteiger partial charge is 0.309 e. The Morgan fingerprint density at radius 2 is 2.31 bits per heavy atom. The van der Waals surface area contributed by atoms with Crippen molar-refractivity contribution in [2.24, 2.45) is 0 Å². The number of aromatic nitrogens is 1. The van der Waals surface area contributed by atoms with Crippen molar-refractivity contribution in [3.05, 3.63) is 29.6 Å². The van der Waals surface area contributed by atoms with Crippen molar-refractivity contribution in [1.82, 2.24) is 4.98 Å². The molecule has 0 radical (unpaired) electrons. The lowest BCUT2D eigenvalue weighted by atomic mass is 10.1. The Morgan fingerprint density at radius 3 is 2.77 bits per heavy atom. The first kappa shape index (κ1) is 8.23. The second-order valence-electron chi connectivity index (χ2n) is 3.43. The maximum Gasteiger partial charge on any atom is 0.309 e. The summed E-state index contributed by atoms with van der Waals surface area (Å²) in [7, 11) is 0. The van der Waals surface area contributed by atoms with Gasteiger partial charge >= 0.3 is 5.97 Å². The molecule has 3 heteroatoms. The molecule has 0 amide bonds. The average molecular weight is 177 g/mol. The summed E-state index contributed by atoms with van der Waals surface area (Å²) < 4.78 is 0. The molecule has 0 aliphatic heterocycles. The molecule has 1 aromatic heterocycles. The number of rotatable bonds is 3. The van der Waals surface area contributed by atoms with Crippen molar-refractivity contribution >= 4 is 5.97 Å². The van der Waals surface area contributed by atoms with E-state index in [9.17, 15) is 4.79 Å². The zero-order valence-electron chi connectivity index (χ0n) is 7.23. The molecular formula is C10H11NO2. The average Bonchev–Trinajstić information content (AvgIpc) is 2.87. The van der Waals surface area contributed by atoms with E-state index < -0.39 is 5.97 Å². The molecule has 0 saturated heterocycles. The van der Waals surface area contributed by atoms with Gasteiger partial charge in [-0.25, -0.2) is 0 Å². The molecule has 0 aromatic carbocycles. The molecule has 1 aromatic rings. The minimum Gasteiger partial charge on any atom is -0.481 e. The molecule has 0 unspecified atom stereocenters. The lowest BCUT2D eigenvalue weighted by Gasteiger charge is -1.98. The van der Waals surface area contributed by atoms with Crippen molar-refractivity contribution < 1.29 is 9.90 Å². The normalized spacial score (nSPS) is 15.7. The van der Waals surface area contributed by atoms with Crippen LogP contribution in [-0.4, -0.2) is 16.1 Å². The van der Waals surface area contributed by atoms with Gasteiger partial charge in [-0.15, -0.1) is 0 Å². The summed E-state index contributed by atoms with van der Waals surface area (Å²) in [5.41, 5.74) is 1.88. The Kier molecular flexibility index (Phi) is 2.00. The largest absolute Gasteiger partial charge is 0.481 e. The number of nitrogens with zero attached hydrogens (tertiary/aromatic N) is 1. The van der Waals surface area contributed by atoms with E-state index in [1.54, 1.807) is 6.20 Å². The van der Waals surface area contributed by atoms with Crippen molar-refractivity contribution in [1.29, 1.82) is 0 Å². The van der Waals surface area contributed by atoms with Crippen LogP contribution in [0.4, 0.5) is 0 Å². The maximum absolute atomic E-state index is 10.4. The molecule has 1 aliphatic carbocycles. The van der Waals surface area contributed by atoms with Crippen LogP contribution in [0.1, 0.15) is 30.0 Å². The number of hydrogen-bond acceptors (Lipinski definition) is 2. The SMILES string of the molecule is O=C(O)Cc1ccc(C2CC2)cn1. The van der Waals surface area contributed by atoms with E-state index in [1.165, 1.54) is 18.4 Å². The number of carbonyl (C=O) groups is 1. The minimum atomic E-state index is -0.827. The Balaban J connectivity index is 2.08. The van der Waals surface area contributed by atoms with E-state index in [1.807, 2.05) is 12.1 Å². The second kappa shape index (κ2) is 3.17. The summed E-state index contributed by atoms with van der Waals surface area (Å²) in [6.45, 7) is 0. The van der Waals surface area contributed by atoms with Crippen molar-refractivity contribution in [3.8, 4) is 0 Å². The van der Waals surface area contributed by atoms with Gasteiger partial charge in [0.25, 0.3) is 0 Å². The Hall–Kier alpha value is -1.38. The lowest BCUT2D eigenvalue weighted by molar-refractivity contribution is -0.136. The van der Waals surface area contributed by atoms with Crippen LogP contribution in [0.5, 0.6) is 0 Å². The summed E-state index contributed by atoms with van der Waals surface area (Å²) in [5.74, 6) is -0.141. The molecular weight excluding hydrogens is 166 g/mol. The number of hydrogen-bond donors (Lipinski definition) is 1. The van der Waals surface area contributed by atoms with Gasteiger partial charge < -0.3 is 5.11 Å². The van der Waals surface area contributed by atoms with Crippen LogP contribution in [0, 0.1) is 0 Å². The highest BCUT2D eigenvalue weighted by atomic mass is 16.4. The fraction of sp³-hybridized carbons (Fsp3) is 0.400. The summed E-state index contributed by atoms with van der Waals surface area (Å²) in [5, 5.41) is 8.52. The van der Waals surface area contributed by atoms with E-state index in [0.29, 0.717) is 11.6 Å². The predicted octanol–water partition coefficient (Wildman–Crippen LogP) is 1.59. The highest BCUT2D eigenvalue weighted by Gasteiger charge is 2.23. The fourth-order valence-corrected chi connectivity index (χ4v) is 1.35. The number of carboxylic acid groups (broad SMARTS) is 1. The zero-order chi connectivity index (χ0) is 9.26. The molecule has 0 bridgehead atoms. The highest BCUT2D eigenvalue weighted by molar-refractivity contribution is 5.69. The summed E-state index contributed by atoms with van der Waals surface area (Å²) in [6, 6.07) is 3.80. The molecule has 0 spiro atoms. The standard InChI is InChI=1S/C10H11NO2/c12-10(13)5-9-4-3-8(6-11-9)7-1-2-7/h3-4,6-7H,1-2,5H2,(H,12,13). The second-order valence-corrected chi connectivity index (χ2v) is 3.43. The summed E-state index contributed by atoms with van der Waals surface area (Å²) >= 11 is 0. The van der Waals surface area contributed by atoms with E-state index in [2.05, 4.69) is 4.98 Å². The fourth-order valence-electron chi connectivity index (χ4n) is 1.35. The van der Waals surface area contributed by atoms with Crippen molar-refractivity contribution in [2.75, 3.05) is 0 Å². The molecule has 13 heavy (non-hydrogen) atoms. The van der Waals surface area contributed by atoms with E-state index in [0.717, 1.165) is 0 Å². The number of pyridine rings is 1. The van der Waals surface area contributed by atoms with Gasteiger partial charge in [-0.2, -0.15) is 0 Å².